The van der Waals surface area contributed by atoms with E-state index in [1.807, 2.05) is 25.1 Å². The van der Waals surface area contributed by atoms with E-state index in [-0.39, 0.29) is 24.1 Å². The number of amides is 1. The summed E-state index contributed by atoms with van der Waals surface area (Å²) in [6.45, 7) is 1.91. The maximum atomic E-state index is 13.0. The number of benzene rings is 1. The summed E-state index contributed by atoms with van der Waals surface area (Å²) in [5.74, 6) is 1.21. The largest absolute Gasteiger partial charge is 0.495 e. The predicted octanol–water partition coefficient (Wildman–Crippen LogP) is 2.52. The minimum atomic E-state index is -0.284. The molecule has 0 N–H and O–H groups in total. The van der Waals surface area contributed by atoms with Crippen LogP contribution in [-0.4, -0.2) is 70.4 Å². The summed E-state index contributed by atoms with van der Waals surface area (Å²) < 4.78 is 22.4. The van der Waals surface area contributed by atoms with Gasteiger partial charge in [-0.05, 0) is 26.2 Å². The second-order valence-electron chi connectivity index (χ2n) is 6.11. The number of aromatic nitrogens is 1. The number of likely N-dealkylation sites (N-methyl/N-ethyl adjacent to an activating group) is 1. The van der Waals surface area contributed by atoms with Crippen molar-refractivity contribution in [3.05, 3.63) is 24.2 Å². The first-order valence-electron chi connectivity index (χ1n) is 8.47. The highest BCUT2D eigenvalue weighted by Gasteiger charge is 2.27. The van der Waals surface area contributed by atoms with Crippen LogP contribution in [0.5, 0.6) is 11.5 Å². The number of fused-ring (bicyclic) bond motifs is 1. The Bertz CT molecular complexity index is 814. The molecule has 0 aliphatic carbocycles. The van der Waals surface area contributed by atoms with Gasteiger partial charge in [0.15, 0.2) is 5.13 Å². The van der Waals surface area contributed by atoms with Crippen LogP contribution in [-0.2, 0) is 14.3 Å². The highest BCUT2D eigenvalue weighted by atomic mass is 35.5. The average molecular weight is 430 g/mol. The monoisotopic (exact) mass is 429 g/mol. The molecule has 1 aromatic heterocycles. The Kier molecular flexibility index (Phi) is 7.73. The van der Waals surface area contributed by atoms with Crippen molar-refractivity contribution in [2.75, 3.05) is 59.5 Å². The van der Waals surface area contributed by atoms with Crippen LogP contribution in [0.2, 0.25) is 0 Å². The number of halogens is 1. The van der Waals surface area contributed by atoms with Crippen molar-refractivity contribution in [1.82, 2.24) is 9.88 Å². The van der Waals surface area contributed by atoms with E-state index in [9.17, 15) is 4.79 Å². The molecule has 0 atom stereocenters. The standard InChI is InChI=1S/C18H23N3O5S.ClH/c1-20(2)7-8-21(17(22)14-11-25-9-10-26-14)18-19-15-12(23-3)5-6-13(24-4)16(15)27-18;/h5-6,11H,7-10H2,1-4H3;1H. The molecule has 2 aromatic rings. The summed E-state index contributed by atoms with van der Waals surface area (Å²) in [7, 11) is 7.10. The number of thiazole rings is 1. The first-order valence-corrected chi connectivity index (χ1v) is 9.29. The maximum absolute atomic E-state index is 13.0. The number of anilines is 1. The molecule has 1 aliphatic heterocycles. The van der Waals surface area contributed by atoms with Gasteiger partial charge in [0.25, 0.3) is 5.91 Å². The number of methoxy groups -OCH3 is 2. The van der Waals surface area contributed by atoms with Crippen LogP contribution < -0.4 is 14.4 Å². The molecule has 1 aliphatic rings. The van der Waals surface area contributed by atoms with Crippen molar-refractivity contribution in [2.24, 2.45) is 0 Å². The van der Waals surface area contributed by atoms with Crippen molar-refractivity contribution in [3.8, 4) is 11.5 Å². The zero-order chi connectivity index (χ0) is 19.4. The van der Waals surface area contributed by atoms with Crippen molar-refractivity contribution in [1.29, 1.82) is 0 Å². The molecular weight excluding hydrogens is 406 g/mol. The number of rotatable bonds is 7. The highest BCUT2D eigenvalue weighted by Crippen LogP contribution is 2.40. The second kappa shape index (κ2) is 9.81. The lowest BCUT2D eigenvalue weighted by Gasteiger charge is -2.24. The van der Waals surface area contributed by atoms with Crippen LogP contribution >= 0.6 is 23.7 Å². The summed E-state index contributed by atoms with van der Waals surface area (Å²) >= 11 is 1.38. The summed E-state index contributed by atoms with van der Waals surface area (Å²) in [6, 6.07) is 3.63. The van der Waals surface area contributed by atoms with E-state index in [1.54, 1.807) is 25.2 Å². The Morgan fingerprint density at radius 1 is 1.18 bits per heavy atom. The van der Waals surface area contributed by atoms with Crippen molar-refractivity contribution < 1.29 is 23.7 Å². The van der Waals surface area contributed by atoms with Gasteiger partial charge >= 0.3 is 0 Å². The first kappa shape index (κ1) is 22.1. The summed E-state index contributed by atoms with van der Waals surface area (Å²) in [5, 5.41) is 0.551. The van der Waals surface area contributed by atoms with Crippen LogP contribution in [0.1, 0.15) is 0 Å². The molecule has 1 aromatic carbocycles. The molecule has 0 spiro atoms. The first-order chi connectivity index (χ1) is 13.0. The Morgan fingerprint density at radius 2 is 1.89 bits per heavy atom. The number of carbonyl (C=O) groups is 1. The molecule has 0 saturated carbocycles. The Balaban J connectivity index is 0.00000280. The van der Waals surface area contributed by atoms with E-state index in [4.69, 9.17) is 18.9 Å². The van der Waals surface area contributed by atoms with E-state index in [1.165, 1.54) is 17.6 Å². The van der Waals surface area contributed by atoms with E-state index >= 15 is 0 Å². The molecule has 0 bridgehead atoms. The normalized spacial score (nSPS) is 13.2. The zero-order valence-electron chi connectivity index (χ0n) is 16.3. The number of hydrogen-bond donors (Lipinski definition) is 0. The minimum Gasteiger partial charge on any atom is -0.495 e. The number of hydrogen-bond acceptors (Lipinski definition) is 8. The van der Waals surface area contributed by atoms with Crippen molar-refractivity contribution in [2.45, 2.75) is 0 Å². The minimum absolute atomic E-state index is 0. The van der Waals surface area contributed by atoms with E-state index < -0.39 is 0 Å². The molecule has 1 amide bonds. The summed E-state index contributed by atoms with van der Waals surface area (Å²) in [5.41, 5.74) is 0.661. The smallest absolute Gasteiger partial charge is 0.298 e. The topological polar surface area (TPSA) is 73.4 Å². The molecule has 3 rings (SSSR count). The summed E-state index contributed by atoms with van der Waals surface area (Å²) in [6.07, 6.45) is 1.36. The van der Waals surface area contributed by atoms with Gasteiger partial charge in [0.2, 0.25) is 5.76 Å². The average Bonchev–Trinajstić information content (AvgIpc) is 3.12. The molecular formula is C18H24ClN3O5S. The quantitative estimate of drug-likeness (QED) is 0.669. The predicted molar refractivity (Wildman–Crippen MR) is 111 cm³/mol. The van der Waals surface area contributed by atoms with Gasteiger partial charge in [-0.1, -0.05) is 11.3 Å². The number of ether oxygens (including phenoxy) is 4. The second-order valence-corrected chi connectivity index (χ2v) is 7.08. The molecule has 28 heavy (non-hydrogen) atoms. The fourth-order valence-electron chi connectivity index (χ4n) is 2.59. The molecule has 10 heteroatoms. The van der Waals surface area contributed by atoms with Crippen LogP contribution in [0.3, 0.4) is 0 Å². The van der Waals surface area contributed by atoms with E-state index in [2.05, 4.69) is 4.98 Å². The lowest BCUT2D eigenvalue weighted by Crippen LogP contribution is -2.38. The molecule has 0 unspecified atom stereocenters. The highest BCUT2D eigenvalue weighted by molar-refractivity contribution is 7.22. The van der Waals surface area contributed by atoms with Gasteiger partial charge < -0.3 is 23.8 Å². The van der Waals surface area contributed by atoms with Gasteiger partial charge in [0.05, 0.1) is 14.2 Å². The van der Waals surface area contributed by atoms with Gasteiger partial charge in [-0.25, -0.2) is 4.98 Å². The van der Waals surface area contributed by atoms with Crippen LogP contribution in [0, 0.1) is 0 Å². The number of nitrogens with zero attached hydrogens (tertiary/aromatic N) is 3. The summed E-state index contributed by atoms with van der Waals surface area (Å²) in [4.78, 5) is 21.3. The number of carbonyl (C=O) groups excluding carboxylic acids is 1. The van der Waals surface area contributed by atoms with Crippen molar-refractivity contribution in [3.63, 3.8) is 0 Å². The third-order valence-corrected chi connectivity index (χ3v) is 5.10. The van der Waals surface area contributed by atoms with Crippen LogP contribution in [0.15, 0.2) is 24.2 Å². The molecule has 0 radical (unpaired) electrons. The van der Waals surface area contributed by atoms with E-state index in [0.29, 0.717) is 48.5 Å². The molecule has 8 nitrogen and oxygen atoms in total. The van der Waals surface area contributed by atoms with E-state index in [0.717, 1.165) is 4.70 Å². The van der Waals surface area contributed by atoms with Gasteiger partial charge in [0.1, 0.15) is 41.2 Å². The third kappa shape index (κ3) is 4.60. The molecule has 154 valence electrons. The van der Waals surface area contributed by atoms with Crippen LogP contribution in [0.4, 0.5) is 5.13 Å². The Morgan fingerprint density at radius 3 is 2.50 bits per heavy atom. The Labute approximate surface area is 174 Å². The molecule has 0 fully saturated rings. The van der Waals surface area contributed by atoms with Crippen molar-refractivity contribution >= 4 is 45.0 Å². The zero-order valence-corrected chi connectivity index (χ0v) is 17.9. The van der Waals surface area contributed by atoms with Gasteiger partial charge in [-0.3, -0.25) is 9.69 Å². The van der Waals surface area contributed by atoms with Gasteiger partial charge in [-0.2, -0.15) is 0 Å². The van der Waals surface area contributed by atoms with Gasteiger partial charge in [-0.15, -0.1) is 12.4 Å². The third-order valence-electron chi connectivity index (χ3n) is 4.01. The fraction of sp³-hybridized carbons (Fsp3) is 0.444. The van der Waals surface area contributed by atoms with Gasteiger partial charge in [0, 0.05) is 13.1 Å². The SMILES string of the molecule is COc1ccc(OC)c2sc(N(CCN(C)C)C(=O)C3=COCCO3)nc12.Cl. The molecule has 0 saturated heterocycles. The van der Waals surface area contributed by atoms with Crippen LogP contribution in [0.25, 0.3) is 10.2 Å². The Hall–Kier alpha value is -2.23. The maximum Gasteiger partial charge on any atom is 0.298 e. The lowest BCUT2D eigenvalue weighted by molar-refractivity contribution is -0.119. The fourth-order valence-corrected chi connectivity index (χ4v) is 3.69. The lowest BCUT2D eigenvalue weighted by atomic mass is 10.3. The molecule has 2 heterocycles.